The molecule has 0 aromatic carbocycles. The number of carbonyl (C=O) groups excluding carboxylic acids is 1. The van der Waals surface area contributed by atoms with Crippen LogP contribution in [0.15, 0.2) is 0 Å². The van der Waals surface area contributed by atoms with Gasteiger partial charge in [0.15, 0.2) is 0 Å². The summed E-state index contributed by atoms with van der Waals surface area (Å²) in [7, 11) is 1.94. The number of halogens is 1. The van der Waals surface area contributed by atoms with Gasteiger partial charge in [-0.25, -0.2) is 0 Å². The molecule has 0 aromatic heterocycles. The Morgan fingerprint density at radius 3 is 2.81 bits per heavy atom. The second kappa shape index (κ2) is 6.42. The van der Waals surface area contributed by atoms with E-state index in [1.54, 1.807) is 0 Å². The maximum absolute atomic E-state index is 11.9. The second-order valence-corrected chi connectivity index (χ2v) is 4.62. The smallest absolute Gasteiger partial charge is 0.236 e. The second-order valence-electron chi connectivity index (χ2n) is 4.62. The molecule has 1 N–H and O–H groups in total. The van der Waals surface area contributed by atoms with E-state index in [1.807, 2.05) is 11.9 Å². The zero-order valence-corrected chi connectivity index (χ0v) is 10.8. The lowest BCUT2D eigenvalue weighted by Crippen LogP contribution is -2.40. The van der Waals surface area contributed by atoms with Crippen molar-refractivity contribution in [3.63, 3.8) is 0 Å². The topological polar surface area (TPSA) is 35.6 Å². The molecule has 16 heavy (non-hydrogen) atoms. The largest absolute Gasteiger partial charge is 0.342 e. The van der Waals surface area contributed by atoms with Crippen molar-refractivity contribution in [2.75, 3.05) is 39.8 Å². The zero-order chi connectivity index (χ0) is 10.7. The zero-order valence-electron chi connectivity index (χ0n) is 9.95. The van der Waals surface area contributed by atoms with Crippen LogP contribution in [0.25, 0.3) is 0 Å². The van der Waals surface area contributed by atoms with Gasteiger partial charge in [0.05, 0.1) is 6.54 Å². The number of amides is 1. The van der Waals surface area contributed by atoms with E-state index in [-0.39, 0.29) is 12.4 Å². The van der Waals surface area contributed by atoms with Gasteiger partial charge in [0.25, 0.3) is 0 Å². The van der Waals surface area contributed by atoms with Crippen LogP contribution >= 0.6 is 12.4 Å². The molecule has 1 heterocycles. The Kier molecular flexibility index (Phi) is 5.52. The number of rotatable bonds is 3. The van der Waals surface area contributed by atoms with Gasteiger partial charge in [-0.3, -0.25) is 9.69 Å². The summed E-state index contributed by atoms with van der Waals surface area (Å²) < 4.78 is 0. The van der Waals surface area contributed by atoms with E-state index in [2.05, 4.69) is 10.2 Å². The van der Waals surface area contributed by atoms with Crippen molar-refractivity contribution >= 4 is 18.3 Å². The fourth-order valence-corrected chi connectivity index (χ4v) is 2.03. The van der Waals surface area contributed by atoms with E-state index >= 15 is 0 Å². The van der Waals surface area contributed by atoms with Crippen LogP contribution in [0.2, 0.25) is 0 Å². The van der Waals surface area contributed by atoms with Gasteiger partial charge >= 0.3 is 0 Å². The summed E-state index contributed by atoms with van der Waals surface area (Å²) in [5, 5.41) is 3.35. The van der Waals surface area contributed by atoms with Crippen LogP contribution < -0.4 is 5.32 Å². The first-order valence-corrected chi connectivity index (χ1v) is 5.96. The highest BCUT2D eigenvalue weighted by Gasteiger charge is 2.30. The van der Waals surface area contributed by atoms with E-state index < -0.39 is 0 Å². The monoisotopic (exact) mass is 247 g/mol. The highest BCUT2D eigenvalue weighted by Crippen LogP contribution is 2.25. The minimum Gasteiger partial charge on any atom is -0.342 e. The quantitative estimate of drug-likeness (QED) is 0.781. The minimum atomic E-state index is 0. The average molecular weight is 248 g/mol. The summed E-state index contributed by atoms with van der Waals surface area (Å²) in [6.07, 6.45) is 3.55. The molecule has 0 bridgehead atoms. The molecule has 1 saturated heterocycles. The highest BCUT2D eigenvalue weighted by atomic mass is 35.5. The molecule has 0 unspecified atom stereocenters. The van der Waals surface area contributed by atoms with Crippen LogP contribution in [0.4, 0.5) is 0 Å². The molecule has 1 amide bonds. The lowest BCUT2D eigenvalue weighted by molar-refractivity contribution is -0.131. The Bertz CT molecular complexity index is 225. The van der Waals surface area contributed by atoms with Crippen molar-refractivity contribution in [1.82, 2.24) is 15.1 Å². The Hall–Kier alpha value is -0.320. The van der Waals surface area contributed by atoms with Gasteiger partial charge in [-0.1, -0.05) is 0 Å². The van der Waals surface area contributed by atoms with E-state index in [4.69, 9.17) is 0 Å². The van der Waals surface area contributed by atoms with Gasteiger partial charge in [-0.15, -0.1) is 12.4 Å². The molecule has 2 aliphatic rings. The van der Waals surface area contributed by atoms with Crippen molar-refractivity contribution in [1.29, 1.82) is 0 Å². The van der Waals surface area contributed by atoms with Crippen LogP contribution in [-0.4, -0.2) is 61.5 Å². The van der Waals surface area contributed by atoms with Crippen molar-refractivity contribution in [3.8, 4) is 0 Å². The molecule has 2 rings (SSSR count). The fourth-order valence-electron chi connectivity index (χ4n) is 2.03. The summed E-state index contributed by atoms with van der Waals surface area (Å²) >= 11 is 0. The number of carbonyl (C=O) groups is 1. The lowest BCUT2D eigenvalue weighted by Gasteiger charge is -2.23. The van der Waals surface area contributed by atoms with Crippen LogP contribution in [0.3, 0.4) is 0 Å². The SMILES string of the molecule is CN(C(=O)CN1CCCNCC1)C1CC1.Cl. The molecule has 1 aliphatic carbocycles. The third-order valence-corrected chi connectivity index (χ3v) is 3.28. The number of nitrogens with zero attached hydrogens (tertiary/aromatic N) is 2. The summed E-state index contributed by atoms with van der Waals surface area (Å²) in [5.74, 6) is 0.291. The average Bonchev–Trinajstić information content (AvgIpc) is 3.04. The van der Waals surface area contributed by atoms with E-state index in [1.165, 1.54) is 12.8 Å². The van der Waals surface area contributed by atoms with Crippen LogP contribution in [0.1, 0.15) is 19.3 Å². The number of nitrogens with one attached hydrogen (secondary N) is 1. The van der Waals surface area contributed by atoms with Gasteiger partial charge in [-0.05, 0) is 32.4 Å². The van der Waals surface area contributed by atoms with E-state index in [9.17, 15) is 4.79 Å². The number of hydrogen-bond donors (Lipinski definition) is 1. The van der Waals surface area contributed by atoms with Gasteiger partial charge < -0.3 is 10.2 Å². The van der Waals surface area contributed by atoms with Crippen LogP contribution in [0, 0.1) is 0 Å². The highest BCUT2D eigenvalue weighted by molar-refractivity contribution is 5.85. The van der Waals surface area contributed by atoms with Gasteiger partial charge in [0, 0.05) is 26.2 Å². The van der Waals surface area contributed by atoms with Crippen LogP contribution in [-0.2, 0) is 4.79 Å². The molecule has 5 heteroatoms. The van der Waals surface area contributed by atoms with Crippen molar-refractivity contribution in [2.24, 2.45) is 0 Å². The third-order valence-electron chi connectivity index (χ3n) is 3.28. The summed E-state index contributed by atoms with van der Waals surface area (Å²) in [4.78, 5) is 16.1. The van der Waals surface area contributed by atoms with Crippen molar-refractivity contribution < 1.29 is 4.79 Å². The first-order chi connectivity index (χ1) is 7.27. The Balaban J connectivity index is 0.00000128. The molecule has 0 spiro atoms. The maximum Gasteiger partial charge on any atom is 0.236 e. The molecule has 0 aromatic rings. The van der Waals surface area contributed by atoms with Crippen molar-refractivity contribution in [3.05, 3.63) is 0 Å². The molecule has 0 radical (unpaired) electrons. The Morgan fingerprint density at radius 1 is 1.38 bits per heavy atom. The third kappa shape index (κ3) is 3.92. The van der Waals surface area contributed by atoms with Crippen LogP contribution in [0.5, 0.6) is 0 Å². The molecular formula is C11H22ClN3O. The fraction of sp³-hybridized carbons (Fsp3) is 0.909. The summed E-state index contributed by atoms with van der Waals surface area (Å²) in [6.45, 7) is 4.76. The molecule has 1 aliphatic heterocycles. The standard InChI is InChI=1S/C11H21N3O.ClH/c1-13(10-3-4-10)11(15)9-14-7-2-5-12-6-8-14;/h10,12H,2-9H2,1H3;1H. The Labute approximate surface area is 104 Å². The number of hydrogen-bond acceptors (Lipinski definition) is 3. The van der Waals surface area contributed by atoms with E-state index in [0.717, 1.165) is 32.6 Å². The lowest BCUT2D eigenvalue weighted by atomic mass is 10.3. The summed E-state index contributed by atoms with van der Waals surface area (Å²) in [5.41, 5.74) is 0. The molecule has 94 valence electrons. The Morgan fingerprint density at radius 2 is 2.12 bits per heavy atom. The van der Waals surface area contributed by atoms with Gasteiger partial charge in [0.2, 0.25) is 5.91 Å². The molecule has 4 nitrogen and oxygen atoms in total. The summed E-state index contributed by atoms with van der Waals surface area (Å²) in [6, 6.07) is 0.544. The first kappa shape index (κ1) is 13.7. The van der Waals surface area contributed by atoms with Gasteiger partial charge in [0.1, 0.15) is 0 Å². The maximum atomic E-state index is 11.9. The van der Waals surface area contributed by atoms with Gasteiger partial charge in [-0.2, -0.15) is 0 Å². The molecule has 1 saturated carbocycles. The van der Waals surface area contributed by atoms with E-state index in [0.29, 0.717) is 18.5 Å². The van der Waals surface area contributed by atoms with Crippen molar-refractivity contribution in [2.45, 2.75) is 25.3 Å². The normalized spacial score (nSPS) is 22.1. The molecular weight excluding hydrogens is 226 g/mol. The minimum absolute atomic E-state index is 0. The number of likely N-dealkylation sites (N-methyl/N-ethyl adjacent to an activating group) is 1. The predicted molar refractivity (Wildman–Crippen MR) is 67.0 cm³/mol. The molecule has 0 atom stereocenters. The predicted octanol–water partition coefficient (Wildman–Crippen LogP) is 0.324. The molecule has 2 fully saturated rings. The first-order valence-electron chi connectivity index (χ1n) is 5.96.